The number of rotatable bonds is 5. The van der Waals surface area contributed by atoms with Crippen LogP contribution < -0.4 is 0 Å². The van der Waals surface area contributed by atoms with Gasteiger partial charge in [-0.3, -0.25) is 4.90 Å². The topological polar surface area (TPSA) is 12.5 Å². The van der Waals surface area contributed by atoms with Crippen LogP contribution in [0.25, 0.3) is 0 Å². The van der Waals surface area contributed by atoms with E-state index in [4.69, 9.17) is 4.43 Å². The first kappa shape index (κ1) is 19.5. The zero-order valence-corrected chi connectivity index (χ0v) is 18.5. The van der Waals surface area contributed by atoms with Gasteiger partial charge in [0.25, 0.3) is 0 Å². The summed E-state index contributed by atoms with van der Waals surface area (Å²) in [6.07, 6.45) is 6.09. The average Bonchev–Trinajstić information content (AvgIpc) is 2.70. The molecule has 2 aromatic carbocycles. The predicted molar refractivity (Wildman–Crippen MR) is 119 cm³/mol. The molecule has 28 heavy (non-hydrogen) atoms. The minimum atomic E-state index is -1.62. The van der Waals surface area contributed by atoms with Crippen molar-refractivity contribution in [2.24, 2.45) is 0 Å². The Bertz CT molecular complexity index is 809. The largest absolute Gasteiger partial charge is 0.547 e. The second kappa shape index (κ2) is 8.26. The first-order valence-electron chi connectivity index (χ1n) is 10.8. The third-order valence-corrected chi connectivity index (χ3v) is 6.79. The molecule has 4 rings (SSSR count). The Morgan fingerprint density at radius 3 is 2.25 bits per heavy atom. The molecule has 2 aliphatic rings. The van der Waals surface area contributed by atoms with E-state index in [1.54, 1.807) is 5.57 Å². The highest BCUT2D eigenvalue weighted by Crippen LogP contribution is 2.45. The van der Waals surface area contributed by atoms with Gasteiger partial charge in [-0.15, -0.1) is 0 Å². The SMILES string of the molecule is C[Si](C)(C)OC1=C2CCCC[C@@H]2N(Cc2ccccc2)[C@@H](c2ccccc2)C1. The minimum absolute atomic E-state index is 0.389. The maximum atomic E-state index is 6.69. The summed E-state index contributed by atoms with van der Waals surface area (Å²) in [7, 11) is -1.62. The van der Waals surface area contributed by atoms with Crippen molar-refractivity contribution in [3.63, 3.8) is 0 Å². The fourth-order valence-electron chi connectivity index (χ4n) is 4.80. The summed E-state index contributed by atoms with van der Waals surface area (Å²) >= 11 is 0. The number of hydrogen-bond donors (Lipinski definition) is 0. The quantitative estimate of drug-likeness (QED) is 0.527. The van der Waals surface area contributed by atoms with E-state index in [1.807, 2.05) is 0 Å². The third-order valence-electron chi connectivity index (χ3n) is 5.94. The Labute approximate surface area is 171 Å². The third kappa shape index (κ3) is 4.42. The molecular formula is C25H33NOSi. The van der Waals surface area contributed by atoms with Gasteiger partial charge in [-0.2, -0.15) is 0 Å². The van der Waals surface area contributed by atoms with Gasteiger partial charge < -0.3 is 4.43 Å². The molecular weight excluding hydrogens is 358 g/mol. The van der Waals surface area contributed by atoms with Gasteiger partial charge >= 0.3 is 0 Å². The Kier molecular flexibility index (Phi) is 5.74. The number of hydrogen-bond acceptors (Lipinski definition) is 2. The molecule has 3 heteroatoms. The van der Waals surface area contributed by atoms with Gasteiger partial charge in [0.15, 0.2) is 0 Å². The second-order valence-electron chi connectivity index (χ2n) is 9.21. The van der Waals surface area contributed by atoms with E-state index in [0.717, 1.165) is 13.0 Å². The van der Waals surface area contributed by atoms with Crippen LogP contribution >= 0.6 is 0 Å². The van der Waals surface area contributed by atoms with E-state index in [2.05, 4.69) is 85.2 Å². The second-order valence-corrected chi connectivity index (χ2v) is 13.6. The summed E-state index contributed by atoms with van der Waals surface area (Å²) in [5, 5.41) is 0. The highest BCUT2D eigenvalue weighted by atomic mass is 28.4. The van der Waals surface area contributed by atoms with E-state index < -0.39 is 8.32 Å². The van der Waals surface area contributed by atoms with Crippen molar-refractivity contribution in [3.8, 4) is 0 Å². The molecule has 1 fully saturated rings. The molecule has 0 spiro atoms. The molecule has 2 atom stereocenters. The molecule has 0 radical (unpaired) electrons. The lowest BCUT2D eigenvalue weighted by atomic mass is 9.81. The van der Waals surface area contributed by atoms with Crippen LogP contribution in [0.1, 0.15) is 49.3 Å². The normalized spacial score (nSPS) is 23.4. The summed E-state index contributed by atoms with van der Waals surface area (Å²) in [5.74, 6) is 1.32. The molecule has 0 bridgehead atoms. The molecule has 0 aromatic heterocycles. The van der Waals surface area contributed by atoms with Crippen molar-refractivity contribution in [2.45, 2.75) is 70.4 Å². The molecule has 2 aromatic rings. The molecule has 1 heterocycles. The standard InChI is InChI=1S/C25H33NOSi/c1-28(2,3)27-25-18-24(21-14-8-5-9-15-21)26(19-20-12-6-4-7-13-20)23-17-11-10-16-22(23)25/h4-9,12-15,23-24H,10-11,16-19H2,1-3H3/t23-,24+/m0/s1. The van der Waals surface area contributed by atoms with Crippen LogP contribution in [0.4, 0.5) is 0 Å². The summed E-state index contributed by atoms with van der Waals surface area (Å²) in [6.45, 7) is 7.94. The molecule has 0 N–H and O–H groups in total. The molecule has 1 aliphatic carbocycles. The molecule has 0 amide bonds. The first-order valence-corrected chi connectivity index (χ1v) is 14.2. The minimum Gasteiger partial charge on any atom is -0.547 e. The zero-order chi connectivity index (χ0) is 19.6. The Hall–Kier alpha value is -1.84. The van der Waals surface area contributed by atoms with Crippen molar-refractivity contribution in [2.75, 3.05) is 0 Å². The van der Waals surface area contributed by atoms with Crippen LogP contribution in [0, 0.1) is 0 Å². The summed E-state index contributed by atoms with van der Waals surface area (Å²) in [5.41, 5.74) is 4.42. The molecule has 0 saturated heterocycles. The lowest BCUT2D eigenvalue weighted by molar-refractivity contribution is 0.0926. The summed E-state index contributed by atoms with van der Waals surface area (Å²) < 4.78 is 6.69. The van der Waals surface area contributed by atoms with Gasteiger partial charge in [-0.1, -0.05) is 67.1 Å². The number of nitrogens with zero attached hydrogens (tertiary/aromatic N) is 1. The summed E-state index contributed by atoms with van der Waals surface area (Å²) in [6, 6.07) is 22.9. The van der Waals surface area contributed by atoms with Crippen LogP contribution in [-0.2, 0) is 11.0 Å². The molecule has 2 nitrogen and oxygen atoms in total. The van der Waals surface area contributed by atoms with E-state index in [0.29, 0.717) is 12.1 Å². The van der Waals surface area contributed by atoms with Crippen LogP contribution in [0.15, 0.2) is 72.0 Å². The molecule has 0 unspecified atom stereocenters. The van der Waals surface area contributed by atoms with Crippen LogP contribution in [0.2, 0.25) is 19.6 Å². The van der Waals surface area contributed by atoms with E-state index in [1.165, 1.54) is 42.6 Å². The van der Waals surface area contributed by atoms with Gasteiger partial charge in [0.2, 0.25) is 8.32 Å². The summed E-state index contributed by atoms with van der Waals surface area (Å²) in [4.78, 5) is 2.76. The molecule has 1 aliphatic heterocycles. The monoisotopic (exact) mass is 391 g/mol. The average molecular weight is 392 g/mol. The highest BCUT2D eigenvalue weighted by Gasteiger charge is 2.39. The van der Waals surface area contributed by atoms with Gasteiger partial charge in [0.05, 0.1) is 5.76 Å². The Balaban J connectivity index is 1.74. The van der Waals surface area contributed by atoms with Crippen molar-refractivity contribution in [3.05, 3.63) is 83.1 Å². The van der Waals surface area contributed by atoms with Gasteiger partial charge in [0, 0.05) is 25.0 Å². The number of benzene rings is 2. The van der Waals surface area contributed by atoms with Gasteiger partial charge in [-0.25, -0.2) is 0 Å². The maximum Gasteiger partial charge on any atom is 0.241 e. The lowest BCUT2D eigenvalue weighted by Gasteiger charge is -2.47. The van der Waals surface area contributed by atoms with Crippen molar-refractivity contribution >= 4 is 8.32 Å². The fourth-order valence-corrected chi connectivity index (χ4v) is 5.76. The Morgan fingerprint density at radius 2 is 1.57 bits per heavy atom. The number of fused-ring (bicyclic) bond motifs is 1. The predicted octanol–water partition coefficient (Wildman–Crippen LogP) is 6.68. The molecule has 148 valence electrons. The Morgan fingerprint density at radius 1 is 0.893 bits per heavy atom. The van der Waals surface area contributed by atoms with E-state index >= 15 is 0 Å². The van der Waals surface area contributed by atoms with Gasteiger partial charge in [0.1, 0.15) is 0 Å². The highest BCUT2D eigenvalue weighted by molar-refractivity contribution is 6.70. The first-order chi connectivity index (χ1) is 13.5. The molecule has 1 saturated carbocycles. The van der Waals surface area contributed by atoms with Gasteiger partial charge in [-0.05, 0) is 55.6 Å². The van der Waals surface area contributed by atoms with E-state index in [-0.39, 0.29) is 0 Å². The van der Waals surface area contributed by atoms with Crippen LogP contribution in [0.3, 0.4) is 0 Å². The van der Waals surface area contributed by atoms with Crippen molar-refractivity contribution in [1.82, 2.24) is 4.90 Å². The van der Waals surface area contributed by atoms with E-state index in [9.17, 15) is 0 Å². The van der Waals surface area contributed by atoms with Crippen LogP contribution in [0.5, 0.6) is 0 Å². The van der Waals surface area contributed by atoms with Crippen molar-refractivity contribution < 1.29 is 4.43 Å². The lowest BCUT2D eigenvalue weighted by Crippen LogP contribution is -2.45. The fraction of sp³-hybridized carbons (Fsp3) is 0.440. The zero-order valence-electron chi connectivity index (χ0n) is 17.5. The maximum absolute atomic E-state index is 6.69. The smallest absolute Gasteiger partial charge is 0.241 e. The van der Waals surface area contributed by atoms with Crippen molar-refractivity contribution in [1.29, 1.82) is 0 Å². The van der Waals surface area contributed by atoms with Crippen LogP contribution in [-0.4, -0.2) is 19.3 Å².